The van der Waals surface area contributed by atoms with Gasteiger partial charge in [0.1, 0.15) is 6.10 Å². The zero-order chi connectivity index (χ0) is 19.4. The molecular formula is C24H39NO2. The number of fused-ring (bicyclic) bond motifs is 2. The van der Waals surface area contributed by atoms with E-state index in [4.69, 9.17) is 4.74 Å². The van der Waals surface area contributed by atoms with Crippen molar-refractivity contribution in [3.8, 4) is 0 Å². The zero-order valence-electron chi connectivity index (χ0n) is 17.9. The number of hydrogen-bond acceptors (Lipinski definition) is 3. The van der Waals surface area contributed by atoms with Gasteiger partial charge in [0.05, 0.1) is 5.92 Å². The van der Waals surface area contributed by atoms with Gasteiger partial charge in [-0.25, -0.2) is 0 Å². The van der Waals surface area contributed by atoms with E-state index in [1.165, 1.54) is 37.7 Å². The number of rotatable bonds is 2. The molecule has 0 amide bonds. The molecule has 2 unspecified atom stereocenters. The van der Waals surface area contributed by atoms with Crippen molar-refractivity contribution in [2.24, 2.45) is 34.5 Å². The van der Waals surface area contributed by atoms with Crippen molar-refractivity contribution in [2.75, 3.05) is 19.6 Å². The van der Waals surface area contributed by atoms with Gasteiger partial charge < -0.3 is 9.64 Å². The minimum Gasteiger partial charge on any atom is -0.462 e. The highest BCUT2D eigenvalue weighted by molar-refractivity contribution is 5.75. The SMILES string of the molecule is C=C1CCC[C@]2(C)C[C@H]3OC(=O)C(CN4CCC(C)CC(C)(C)C4)[C@H]3C[C@@H]12. The van der Waals surface area contributed by atoms with Crippen LogP contribution in [0, 0.1) is 34.5 Å². The molecule has 0 aromatic rings. The topological polar surface area (TPSA) is 29.5 Å². The minimum atomic E-state index is 0.0680. The van der Waals surface area contributed by atoms with Gasteiger partial charge in [-0.2, -0.15) is 0 Å². The van der Waals surface area contributed by atoms with E-state index in [9.17, 15) is 4.79 Å². The minimum absolute atomic E-state index is 0.0680. The highest BCUT2D eigenvalue weighted by Gasteiger charge is 2.55. The van der Waals surface area contributed by atoms with Crippen LogP contribution < -0.4 is 0 Å². The molecule has 0 radical (unpaired) electrons. The third-order valence-corrected chi connectivity index (χ3v) is 8.27. The third-order valence-electron chi connectivity index (χ3n) is 8.27. The Morgan fingerprint density at radius 1 is 1.26 bits per heavy atom. The molecule has 27 heavy (non-hydrogen) atoms. The van der Waals surface area contributed by atoms with Crippen LogP contribution in [0.4, 0.5) is 0 Å². The Morgan fingerprint density at radius 2 is 2.04 bits per heavy atom. The van der Waals surface area contributed by atoms with Crippen molar-refractivity contribution in [1.29, 1.82) is 0 Å². The molecule has 0 spiro atoms. The molecule has 2 heterocycles. The van der Waals surface area contributed by atoms with Crippen LogP contribution in [0.5, 0.6) is 0 Å². The predicted octanol–water partition coefficient (Wildman–Crippen LogP) is 5.06. The van der Waals surface area contributed by atoms with Crippen molar-refractivity contribution in [2.45, 2.75) is 78.7 Å². The van der Waals surface area contributed by atoms with Gasteiger partial charge in [0, 0.05) is 19.0 Å². The molecule has 2 aliphatic carbocycles. The van der Waals surface area contributed by atoms with Crippen LogP contribution in [0.15, 0.2) is 12.2 Å². The Morgan fingerprint density at radius 3 is 2.81 bits per heavy atom. The van der Waals surface area contributed by atoms with Crippen molar-refractivity contribution in [3.05, 3.63) is 12.2 Å². The Labute approximate surface area is 165 Å². The Hall–Kier alpha value is -0.830. The molecule has 0 aromatic heterocycles. The van der Waals surface area contributed by atoms with E-state index < -0.39 is 0 Å². The molecule has 152 valence electrons. The Kier molecular flexibility index (Phi) is 4.98. The molecule has 4 aliphatic rings. The van der Waals surface area contributed by atoms with Crippen LogP contribution in [-0.4, -0.2) is 36.6 Å². The monoisotopic (exact) mass is 373 g/mol. The standard InChI is InChI=1S/C24H39NO2/c1-16-8-10-25(15-23(3,4)12-16)14-19-18-11-20-17(2)7-6-9-24(20,5)13-21(18)27-22(19)26/h16,18-21H,2,6-15H2,1,3-5H3/t16?,18-,19?,20+,21-,24-/m1/s1. The number of nitrogens with zero attached hydrogens (tertiary/aromatic N) is 1. The lowest BCUT2D eigenvalue weighted by Crippen LogP contribution is -2.46. The van der Waals surface area contributed by atoms with Gasteiger partial charge in [-0.15, -0.1) is 0 Å². The third kappa shape index (κ3) is 3.73. The van der Waals surface area contributed by atoms with E-state index >= 15 is 0 Å². The number of allylic oxidation sites excluding steroid dienone is 1. The fourth-order valence-electron chi connectivity index (χ4n) is 7.10. The number of hydrogen-bond donors (Lipinski definition) is 0. The summed E-state index contributed by atoms with van der Waals surface area (Å²) in [6.45, 7) is 17.1. The van der Waals surface area contributed by atoms with Gasteiger partial charge in [0.25, 0.3) is 0 Å². The zero-order valence-corrected chi connectivity index (χ0v) is 17.9. The number of ether oxygens (including phenoxy) is 1. The Balaban J connectivity index is 1.49. The lowest BCUT2D eigenvalue weighted by Gasteiger charge is -2.50. The second-order valence-electron chi connectivity index (χ2n) is 11.4. The maximum absolute atomic E-state index is 12.8. The van der Waals surface area contributed by atoms with E-state index in [0.717, 1.165) is 38.4 Å². The maximum Gasteiger partial charge on any atom is 0.310 e. The molecular weight excluding hydrogens is 334 g/mol. The number of likely N-dealkylation sites (tertiary alicyclic amines) is 1. The quantitative estimate of drug-likeness (QED) is 0.500. The normalized spacial score (nSPS) is 45.0. The van der Waals surface area contributed by atoms with Gasteiger partial charge in [0.15, 0.2) is 0 Å². The lowest BCUT2D eigenvalue weighted by molar-refractivity contribution is -0.146. The van der Waals surface area contributed by atoms with Crippen LogP contribution in [0.1, 0.15) is 72.6 Å². The first-order valence-electron chi connectivity index (χ1n) is 11.3. The van der Waals surface area contributed by atoms with Gasteiger partial charge >= 0.3 is 5.97 Å². The van der Waals surface area contributed by atoms with Gasteiger partial charge in [-0.05, 0) is 74.2 Å². The van der Waals surface area contributed by atoms with Gasteiger partial charge in [-0.3, -0.25) is 4.79 Å². The fourth-order valence-corrected chi connectivity index (χ4v) is 7.10. The second-order valence-corrected chi connectivity index (χ2v) is 11.4. The summed E-state index contributed by atoms with van der Waals surface area (Å²) in [7, 11) is 0. The maximum atomic E-state index is 12.8. The fraction of sp³-hybridized carbons (Fsp3) is 0.875. The van der Waals surface area contributed by atoms with Crippen LogP contribution in [0.2, 0.25) is 0 Å². The highest BCUT2D eigenvalue weighted by Crippen LogP contribution is 2.57. The molecule has 2 saturated heterocycles. The summed E-state index contributed by atoms with van der Waals surface area (Å²) in [6, 6.07) is 0. The van der Waals surface area contributed by atoms with E-state index in [0.29, 0.717) is 22.7 Å². The predicted molar refractivity (Wildman–Crippen MR) is 109 cm³/mol. The summed E-state index contributed by atoms with van der Waals surface area (Å²) >= 11 is 0. The molecule has 0 aromatic carbocycles. The molecule has 4 rings (SSSR count). The van der Waals surface area contributed by atoms with Crippen molar-refractivity contribution >= 4 is 5.97 Å². The molecule has 0 bridgehead atoms. The smallest absolute Gasteiger partial charge is 0.310 e. The van der Waals surface area contributed by atoms with Crippen LogP contribution in [0.3, 0.4) is 0 Å². The molecule has 6 atom stereocenters. The number of carbonyl (C=O) groups excluding carboxylic acids is 1. The largest absolute Gasteiger partial charge is 0.462 e. The van der Waals surface area contributed by atoms with E-state index in [2.05, 4.69) is 39.2 Å². The molecule has 2 aliphatic heterocycles. The van der Waals surface area contributed by atoms with Crippen molar-refractivity contribution < 1.29 is 9.53 Å². The van der Waals surface area contributed by atoms with Crippen molar-refractivity contribution in [3.63, 3.8) is 0 Å². The summed E-state index contributed by atoms with van der Waals surface area (Å²) in [5.74, 6) is 1.90. The second kappa shape index (κ2) is 6.90. The summed E-state index contributed by atoms with van der Waals surface area (Å²) < 4.78 is 5.98. The Bertz CT molecular complexity index is 612. The molecule has 4 fully saturated rings. The average Bonchev–Trinajstić information content (AvgIpc) is 2.76. The summed E-state index contributed by atoms with van der Waals surface area (Å²) in [5, 5.41) is 0. The molecule has 3 heteroatoms. The van der Waals surface area contributed by atoms with Crippen LogP contribution >= 0.6 is 0 Å². The first-order chi connectivity index (χ1) is 12.7. The summed E-state index contributed by atoms with van der Waals surface area (Å²) in [5.41, 5.74) is 2.07. The molecule has 0 N–H and O–H groups in total. The number of carbonyl (C=O) groups is 1. The van der Waals surface area contributed by atoms with Crippen molar-refractivity contribution in [1.82, 2.24) is 4.90 Å². The van der Waals surface area contributed by atoms with Crippen LogP contribution in [0.25, 0.3) is 0 Å². The molecule has 2 saturated carbocycles. The van der Waals surface area contributed by atoms with Gasteiger partial charge in [0.2, 0.25) is 0 Å². The summed E-state index contributed by atoms with van der Waals surface area (Å²) in [6.07, 6.45) is 8.53. The average molecular weight is 374 g/mol. The van der Waals surface area contributed by atoms with E-state index in [1.54, 1.807) is 0 Å². The van der Waals surface area contributed by atoms with Gasteiger partial charge in [-0.1, -0.05) is 39.8 Å². The van der Waals surface area contributed by atoms with E-state index in [1.807, 2.05) is 0 Å². The lowest BCUT2D eigenvalue weighted by atomic mass is 9.55. The first kappa shape index (κ1) is 19.5. The summed E-state index contributed by atoms with van der Waals surface area (Å²) in [4.78, 5) is 15.4. The highest BCUT2D eigenvalue weighted by atomic mass is 16.6. The van der Waals surface area contributed by atoms with E-state index in [-0.39, 0.29) is 18.0 Å². The molecule has 3 nitrogen and oxygen atoms in total. The van der Waals surface area contributed by atoms with Crippen LogP contribution in [-0.2, 0) is 9.53 Å². The first-order valence-corrected chi connectivity index (χ1v) is 11.3. The number of esters is 1.